The number of aromatic nitrogens is 1. The SMILES string of the molecule is CCCN(CC(=O)NC)c1ccc(N)c(OC(C)(C)C)n1. The highest BCUT2D eigenvalue weighted by atomic mass is 16.5. The van der Waals surface area contributed by atoms with E-state index in [2.05, 4.69) is 17.2 Å². The van der Waals surface area contributed by atoms with E-state index in [0.717, 1.165) is 13.0 Å². The Morgan fingerprint density at radius 1 is 1.43 bits per heavy atom. The van der Waals surface area contributed by atoms with Crippen LogP contribution in [0.25, 0.3) is 0 Å². The van der Waals surface area contributed by atoms with Crippen LogP contribution in [0.4, 0.5) is 11.5 Å². The number of carbonyl (C=O) groups excluding carboxylic acids is 1. The molecule has 1 rings (SSSR count). The highest BCUT2D eigenvalue weighted by Gasteiger charge is 2.18. The van der Waals surface area contributed by atoms with Crippen molar-refractivity contribution < 1.29 is 9.53 Å². The van der Waals surface area contributed by atoms with E-state index in [9.17, 15) is 4.79 Å². The monoisotopic (exact) mass is 294 g/mol. The maximum absolute atomic E-state index is 11.6. The fourth-order valence-corrected chi connectivity index (χ4v) is 1.79. The van der Waals surface area contributed by atoms with Crippen molar-refractivity contribution >= 4 is 17.4 Å². The Kier molecular flexibility index (Phi) is 5.81. The van der Waals surface area contributed by atoms with Crippen LogP contribution in [-0.4, -0.2) is 36.6 Å². The molecule has 1 heterocycles. The molecule has 118 valence electrons. The van der Waals surface area contributed by atoms with Gasteiger partial charge in [0.15, 0.2) is 0 Å². The van der Waals surface area contributed by atoms with E-state index >= 15 is 0 Å². The van der Waals surface area contributed by atoms with E-state index in [0.29, 0.717) is 17.4 Å². The second-order valence-corrected chi connectivity index (χ2v) is 5.87. The minimum Gasteiger partial charge on any atom is -0.470 e. The Balaban J connectivity index is 3.03. The van der Waals surface area contributed by atoms with Crippen molar-refractivity contribution in [3.05, 3.63) is 12.1 Å². The number of nitrogens with one attached hydrogen (secondary N) is 1. The van der Waals surface area contributed by atoms with Gasteiger partial charge in [0, 0.05) is 13.6 Å². The van der Waals surface area contributed by atoms with Crippen molar-refractivity contribution in [2.75, 3.05) is 30.8 Å². The molecule has 1 amide bonds. The molecule has 0 fully saturated rings. The smallest absolute Gasteiger partial charge is 0.239 e. The zero-order chi connectivity index (χ0) is 16.0. The number of likely N-dealkylation sites (N-methyl/N-ethyl adjacent to an activating group) is 1. The van der Waals surface area contributed by atoms with E-state index in [-0.39, 0.29) is 18.1 Å². The summed E-state index contributed by atoms with van der Waals surface area (Å²) in [6.07, 6.45) is 0.915. The molecule has 6 heteroatoms. The fourth-order valence-electron chi connectivity index (χ4n) is 1.79. The van der Waals surface area contributed by atoms with Gasteiger partial charge < -0.3 is 20.7 Å². The van der Waals surface area contributed by atoms with Gasteiger partial charge in [-0.25, -0.2) is 0 Å². The summed E-state index contributed by atoms with van der Waals surface area (Å²) in [4.78, 5) is 18.0. The molecule has 0 aromatic carbocycles. The number of pyridine rings is 1. The second-order valence-electron chi connectivity index (χ2n) is 5.87. The van der Waals surface area contributed by atoms with Gasteiger partial charge in [0.05, 0.1) is 12.2 Å². The number of ether oxygens (including phenoxy) is 1. The van der Waals surface area contributed by atoms with Crippen LogP contribution in [0, 0.1) is 0 Å². The molecule has 0 aliphatic carbocycles. The molecule has 0 aliphatic heterocycles. The summed E-state index contributed by atoms with van der Waals surface area (Å²) < 4.78 is 5.77. The predicted molar refractivity (Wildman–Crippen MR) is 85.6 cm³/mol. The minimum absolute atomic E-state index is 0.0552. The number of rotatable bonds is 6. The van der Waals surface area contributed by atoms with Gasteiger partial charge in [0.2, 0.25) is 11.8 Å². The first kappa shape index (κ1) is 17.1. The van der Waals surface area contributed by atoms with E-state index in [1.54, 1.807) is 13.1 Å². The summed E-state index contributed by atoms with van der Waals surface area (Å²) in [5.74, 6) is 1.03. The number of anilines is 2. The third-order valence-electron chi connectivity index (χ3n) is 2.71. The molecule has 0 aliphatic rings. The lowest BCUT2D eigenvalue weighted by Crippen LogP contribution is -2.36. The number of hydrogen-bond donors (Lipinski definition) is 2. The predicted octanol–water partition coefficient (Wildman–Crippen LogP) is 1.80. The van der Waals surface area contributed by atoms with E-state index in [1.807, 2.05) is 31.7 Å². The van der Waals surface area contributed by atoms with Crippen LogP contribution in [0.1, 0.15) is 34.1 Å². The summed E-state index contributed by atoms with van der Waals surface area (Å²) in [5.41, 5.74) is 6.02. The standard InChI is InChI=1S/C15H26N4O2/c1-6-9-19(10-13(20)17-5)12-8-7-11(16)14(18-12)21-15(2,3)4/h7-8H,6,9-10,16H2,1-5H3,(H,17,20). The topological polar surface area (TPSA) is 80.5 Å². The van der Waals surface area contributed by atoms with Crippen LogP contribution < -0.4 is 20.7 Å². The van der Waals surface area contributed by atoms with E-state index in [1.165, 1.54) is 0 Å². The van der Waals surface area contributed by atoms with Crippen LogP contribution in [0.5, 0.6) is 5.88 Å². The molecule has 21 heavy (non-hydrogen) atoms. The van der Waals surface area contributed by atoms with Crippen molar-refractivity contribution in [1.82, 2.24) is 10.3 Å². The minimum atomic E-state index is -0.379. The largest absolute Gasteiger partial charge is 0.470 e. The molecule has 0 saturated carbocycles. The average molecular weight is 294 g/mol. The van der Waals surface area contributed by atoms with Crippen LogP contribution >= 0.6 is 0 Å². The first-order valence-corrected chi connectivity index (χ1v) is 7.18. The highest BCUT2D eigenvalue weighted by Crippen LogP contribution is 2.26. The van der Waals surface area contributed by atoms with Crippen LogP contribution in [0.2, 0.25) is 0 Å². The number of nitrogens with two attached hydrogens (primary N) is 1. The van der Waals surface area contributed by atoms with Crippen LogP contribution in [0.15, 0.2) is 12.1 Å². The molecule has 3 N–H and O–H groups in total. The molecular weight excluding hydrogens is 268 g/mol. The van der Waals surface area contributed by atoms with Crippen LogP contribution in [0.3, 0.4) is 0 Å². The lowest BCUT2D eigenvalue weighted by molar-refractivity contribution is -0.119. The molecular formula is C15H26N4O2. The van der Waals surface area contributed by atoms with Gasteiger partial charge in [-0.3, -0.25) is 4.79 Å². The molecule has 1 aromatic rings. The Bertz CT molecular complexity index is 483. The van der Waals surface area contributed by atoms with Crippen molar-refractivity contribution in [2.24, 2.45) is 0 Å². The van der Waals surface area contributed by atoms with Crippen molar-refractivity contribution in [3.8, 4) is 5.88 Å². The third-order valence-corrected chi connectivity index (χ3v) is 2.71. The van der Waals surface area contributed by atoms with Gasteiger partial charge in [-0.1, -0.05) is 6.92 Å². The maximum Gasteiger partial charge on any atom is 0.239 e. The second kappa shape index (κ2) is 7.15. The molecule has 0 saturated heterocycles. The Morgan fingerprint density at radius 2 is 2.10 bits per heavy atom. The Labute approximate surface area is 126 Å². The van der Waals surface area contributed by atoms with Gasteiger partial charge in [-0.05, 0) is 39.3 Å². The summed E-state index contributed by atoms with van der Waals surface area (Å²) in [5, 5.41) is 2.62. The first-order valence-electron chi connectivity index (χ1n) is 7.18. The molecule has 0 radical (unpaired) electrons. The Morgan fingerprint density at radius 3 is 2.62 bits per heavy atom. The molecule has 0 atom stereocenters. The van der Waals surface area contributed by atoms with Crippen LogP contribution in [-0.2, 0) is 4.79 Å². The van der Waals surface area contributed by atoms with Crippen molar-refractivity contribution in [1.29, 1.82) is 0 Å². The van der Waals surface area contributed by atoms with Gasteiger partial charge in [-0.2, -0.15) is 4.98 Å². The van der Waals surface area contributed by atoms with Gasteiger partial charge >= 0.3 is 0 Å². The summed E-state index contributed by atoms with van der Waals surface area (Å²) in [6.45, 7) is 8.87. The fraction of sp³-hybridized carbons (Fsp3) is 0.600. The maximum atomic E-state index is 11.6. The van der Waals surface area contributed by atoms with Gasteiger partial charge in [-0.15, -0.1) is 0 Å². The summed E-state index contributed by atoms with van der Waals surface area (Å²) >= 11 is 0. The number of amides is 1. The number of carbonyl (C=O) groups is 1. The summed E-state index contributed by atoms with van der Waals surface area (Å²) in [6, 6.07) is 3.57. The number of hydrogen-bond acceptors (Lipinski definition) is 5. The number of nitrogen functional groups attached to an aromatic ring is 1. The molecule has 0 spiro atoms. The van der Waals surface area contributed by atoms with E-state index < -0.39 is 0 Å². The van der Waals surface area contributed by atoms with Crippen molar-refractivity contribution in [2.45, 2.75) is 39.7 Å². The zero-order valence-electron chi connectivity index (χ0n) is 13.6. The summed E-state index contributed by atoms with van der Waals surface area (Å²) in [7, 11) is 1.62. The van der Waals surface area contributed by atoms with Gasteiger partial charge in [0.25, 0.3) is 0 Å². The Hall–Kier alpha value is -1.98. The lowest BCUT2D eigenvalue weighted by Gasteiger charge is -2.25. The highest BCUT2D eigenvalue weighted by molar-refractivity contribution is 5.80. The lowest BCUT2D eigenvalue weighted by atomic mass is 10.2. The van der Waals surface area contributed by atoms with Crippen molar-refractivity contribution in [3.63, 3.8) is 0 Å². The van der Waals surface area contributed by atoms with Gasteiger partial charge in [0.1, 0.15) is 11.4 Å². The first-order chi connectivity index (χ1) is 9.76. The number of nitrogens with zero attached hydrogens (tertiary/aromatic N) is 2. The molecule has 0 bridgehead atoms. The molecule has 6 nitrogen and oxygen atoms in total. The zero-order valence-corrected chi connectivity index (χ0v) is 13.6. The third kappa shape index (κ3) is 5.49. The molecule has 1 aromatic heterocycles. The molecule has 0 unspecified atom stereocenters. The normalized spacial score (nSPS) is 11.1. The quantitative estimate of drug-likeness (QED) is 0.836. The van der Waals surface area contributed by atoms with E-state index in [4.69, 9.17) is 10.5 Å². The average Bonchev–Trinajstić information content (AvgIpc) is 2.39.